The van der Waals surface area contributed by atoms with E-state index < -0.39 is 0 Å². The molecule has 1 aromatic carbocycles. The SMILES string of the molecule is Cc1cccn2cc(-c3ccc(O)cc3)cc12. The standard InChI is InChI=1S/C15H13NO/c1-11-3-2-8-16-10-13(9-15(11)16)12-4-6-14(17)7-5-12/h2-10,17H,1H3. The van der Waals surface area contributed by atoms with Gasteiger partial charge >= 0.3 is 0 Å². The third kappa shape index (κ3) is 1.68. The molecule has 17 heavy (non-hydrogen) atoms. The molecular formula is C15H13NO. The molecule has 0 aliphatic carbocycles. The maximum atomic E-state index is 9.28. The van der Waals surface area contributed by atoms with Gasteiger partial charge in [0.15, 0.2) is 0 Å². The highest BCUT2D eigenvalue weighted by atomic mass is 16.3. The van der Waals surface area contributed by atoms with Crippen LogP contribution in [0, 0.1) is 6.92 Å². The van der Waals surface area contributed by atoms with E-state index in [-0.39, 0.29) is 0 Å². The Kier molecular flexibility index (Phi) is 2.15. The lowest BCUT2D eigenvalue weighted by atomic mass is 10.1. The van der Waals surface area contributed by atoms with Crippen LogP contribution < -0.4 is 0 Å². The molecule has 2 heteroatoms. The van der Waals surface area contributed by atoms with Crippen molar-refractivity contribution in [1.82, 2.24) is 4.40 Å². The number of aryl methyl sites for hydroxylation is 1. The summed E-state index contributed by atoms with van der Waals surface area (Å²) in [7, 11) is 0. The third-order valence-corrected chi connectivity index (χ3v) is 3.05. The fraction of sp³-hybridized carbons (Fsp3) is 0.0667. The molecule has 0 bridgehead atoms. The topological polar surface area (TPSA) is 24.6 Å². The van der Waals surface area contributed by atoms with Crippen molar-refractivity contribution >= 4 is 5.52 Å². The van der Waals surface area contributed by atoms with Crippen LogP contribution in [0.3, 0.4) is 0 Å². The zero-order chi connectivity index (χ0) is 11.8. The Bertz CT molecular complexity index is 665. The average Bonchev–Trinajstić information content (AvgIpc) is 2.75. The number of phenolic OH excluding ortho intramolecular Hbond substituents is 1. The number of rotatable bonds is 1. The Hall–Kier alpha value is -2.22. The van der Waals surface area contributed by atoms with Crippen molar-refractivity contribution in [2.24, 2.45) is 0 Å². The maximum Gasteiger partial charge on any atom is 0.115 e. The van der Waals surface area contributed by atoms with Crippen LogP contribution in [0.4, 0.5) is 0 Å². The van der Waals surface area contributed by atoms with Crippen molar-refractivity contribution in [3.05, 3.63) is 60.4 Å². The number of hydrogen-bond donors (Lipinski definition) is 1. The van der Waals surface area contributed by atoms with Gasteiger partial charge in [0.2, 0.25) is 0 Å². The van der Waals surface area contributed by atoms with Crippen LogP contribution in [-0.4, -0.2) is 9.51 Å². The van der Waals surface area contributed by atoms with Crippen molar-refractivity contribution in [3.8, 4) is 16.9 Å². The Balaban J connectivity index is 2.18. The van der Waals surface area contributed by atoms with E-state index in [1.165, 1.54) is 16.6 Å². The highest BCUT2D eigenvalue weighted by Crippen LogP contribution is 2.25. The molecule has 0 saturated carbocycles. The zero-order valence-electron chi connectivity index (χ0n) is 9.59. The number of nitrogens with zero attached hydrogens (tertiary/aromatic N) is 1. The maximum absolute atomic E-state index is 9.28. The van der Waals surface area contributed by atoms with Crippen LogP contribution >= 0.6 is 0 Å². The number of pyridine rings is 1. The molecule has 0 saturated heterocycles. The zero-order valence-corrected chi connectivity index (χ0v) is 9.59. The lowest BCUT2D eigenvalue weighted by molar-refractivity contribution is 0.475. The molecule has 0 fully saturated rings. The van der Waals surface area contributed by atoms with Crippen molar-refractivity contribution in [2.45, 2.75) is 6.92 Å². The Morgan fingerprint density at radius 3 is 2.47 bits per heavy atom. The molecule has 0 aliphatic heterocycles. The number of phenols is 1. The summed E-state index contributed by atoms with van der Waals surface area (Å²) in [5, 5.41) is 9.28. The summed E-state index contributed by atoms with van der Waals surface area (Å²) in [5.74, 6) is 0.300. The second-order valence-corrected chi connectivity index (χ2v) is 4.26. The fourth-order valence-corrected chi connectivity index (χ4v) is 2.10. The van der Waals surface area contributed by atoms with Crippen LogP contribution in [0.2, 0.25) is 0 Å². The highest BCUT2D eigenvalue weighted by molar-refractivity contribution is 5.72. The van der Waals surface area contributed by atoms with Crippen molar-refractivity contribution < 1.29 is 5.11 Å². The largest absolute Gasteiger partial charge is 0.508 e. The minimum atomic E-state index is 0.300. The molecule has 2 aromatic heterocycles. The van der Waals surface area contributed by atoms with Gasteiger partial charge in [-0.05, 0) is 42.3 Å². The molecule has 1 N–H and O–H groups in total. The lowest BCUT2D eigenvalue weighted by Gasteiger charge is -1.96. The summed E-state index contributed by atoms with van der Waals surface area (Å²) in [6.45, 7) is 2.11. The summed E-state index contributed by atoms with van der Waals surface area (Å²) < 4.78 is 2.12. The van der Waals surface area contributed by atoms with E-state index in [0.717, 1.165) is 5.56 Å². The first-order chi connectivity index (χ1) is 8.24. The molecule has 0 aliphatic rings. The minimum Gasteiger partial charge on any atom is -0.508 e. The van der Waals surface area contributed by atoms with E-state index >= 15 is 0 Å². The van der Waals surface area contributed by atoms with Gasteiger partial charge in [-0.3, -0.25) is 0 Å². The normalized spacial score (nSPS) is 10.9. The molecule has 3 aromatic rings. The molecule has 2 nitrogen and oxygen atoms in total. The molecule has 0 atom stereocenters. The predicted molar refractivity (Wildman–Crippen MR) is 69.2 cm³/mol. The van der Waals surface area contributed by atoms with Crippen LogP contribution in [-0.2, 0) is 0 Å². The van der Waals surface area contributed by atoms with Gasteiger partial charge in [-0.1, -0.05) is 18.2 Å². The Labute approximate surface area is 99.8 Å². The third-order valence-electron chi connectivity index (χ3n) is 3.05. The molecule has 0 radical (unpaired) electrons. The number of fused-ring (bicyclic) bond motifs is 1. The first-order valence-corrected chi connectivity index (χ1v) is 5.61. The monoisotopic (exact) mass is 223 g/mol. The van der Waals surface area contributed by atoms with Crippen molar-refractivity contribution in [1.29, 1.82) is 0 Å². The van der Waals surface area contributed by atoms with Gasteiger partial charge in [0.05, 0.1) is 0 Å². The fourth-order valence-electron chi connectivity index (χ4n) is 2.10. The van der Waals surface area contributed by atoms with Crippen molar-refractivity contribution in [2.75, 3.05) is 0 Å². The first kappa shape index (κ1) is 9.97. The van der Waals surface area contributed by atoms with Gasteiger partial charge in [-0.25, -0.2) is 0 Å². The molecule has 84 valence electrons. The van der Waals surface area contributed by atoms with E-state index in [1.807, 2.05) is 24.4 Å². The van der Waals surface area contributed by atoms with Gasteiger partial charge in [-0.2, -0.15) is 0 Å². The van der Waals surface area contributed by atoms with E-state index in [1.54, 1.807) is 12.1 Å². The lowest BCUT2D eigenvalue weighted by Crippen LogP contribution is -1.82. The summed E-state index contributed by atoms with van der Waals surface area (Å²) in [4.78, 5) is 0. The molecule has 0 unspecified atom stereocenters. The predicted octanol–water partition coefficient (Wildman–Crippen LogP) is 3.62. The molecule has 3 rings (SSSR count). The summed E-state index contributed by atoms with van der Waals surface area (Å²) in [6, 6.07) is 13.6. The van der Waals surface area contributed by atoms with Crippen LogP contribution in [0.15, 0.2) is 54.9 Å². The highest BCUT2D eigenvalue weighted by Gasteiger charge is 2.03. The van der Waals surface area contributed by atoms with E-state index in [0.29, 0.717) is 5.75 Å². The quantitative estimate of drug-likeness (QED) is 0.669. The van der Waals surface area contributed by atoms with Crippen LogP contribution in [0.25, 0.3) is 16.6 Å². The second kappa shape index (κ2) is 3.67. The number of benzene rings is 1. The van der Waals surface area contributed by atoms with E-state index in [2.05, 4.69) is 29.7 Å². The second-order valence-electron chi connectivity index (χ2n) is 4.26. The van der Waals surface area contributed by atoms with Crippen LogP contribution in [0.5, 0.6) is 5.75 Å². The van der Waals surface area contributed by atoms with Gasteiger partial charge in [-0.15, -0.1) is 0 Å². The van der Waals surface area contributed by atoms with Crippen LogP contribution in [0.1, 0.15) is 5.56 Å². The molecule has 0 spiro atoms. The molecule has 0 amide bonds. The van der Waals surface area contributed by atoms with Crippen molar-refractivity contribution in [3.63, 3.8) is 0 Å². The summed E-state index contributed by atoms with van der Waals surface area (Å²) in [6.07, 6.45) is 4.15. The van der Waals surface area contributed by atoms with E-state index in [9.17, 15) is 5.11 Å². The Morgan fingerprint density at radius 2 is 1.76 bits per heavy atom. The number of aromatic nitrogens is 1. The van der Waals surface area contributed by atoms with Gasteiger partial charge in [0.25, 0.3) is 0 Å². The number of aromatic hydroxyl groups is 1. The Morgan fingerprint density at radius 1 is 1.00 bits per heavy atom. The van der Waals surface area contributed by atoms with Gasteiger partial charge < -0.3 is 9.51 Å². The summed E-state index contributed by atoms with van der Waals surface area (Å²) >= 11 is 0. The smallest absolute Gasteiger partial charge is 0.115 e. The molecular weight excluding hydrogens is 210 g/mol. The summed E-state index contributed by atoms with van der Waals surface area (Å²) in [5.41, 5.74) is 4.76. The van der Waals surface area contributed by atoms with Gasteiger partial charge in [0, 0.05) is 23.5 Å². The van der Waals surface area contributed by atoms with Gasteiger partial charge in [0.1, 0.15) is 5.75 Å². The average molecular weight is 223 g/mol. The van der Waals surface area contributed by atoms with E-state index in [4.69, 9.17) is 0 Å². The molecule has 2 heterocycles. The first-order valence-electron chi connectivity index (χ1n) is 5.61. The minimum absolute atomic E-state index is 0.300. The number of hydrogen-bond acceptors (Lipinski definition) is 1.